The molecule has 0 radical (unpaired) electrons. The minimum atomic E-state index is 0.650. The molecule has 0 atom stereocenters. The van der Waals surface area contributed by atoms with Crippen molar-refractivity contribution < 1.29 is 9.15 Å². The van der Waals surface area contributed by atoms with Gasteiger partial charge in [-0.15, -0.1) is 0 Å². The Bertz CT molecular complexity index is 541. The molecule has 0 aliphatic heterocycles. The number of hydrogen-bond donors (Lipinski definition) is 0. The Balaban J connectivity index is 1.64. The third-order valence-corrected chi connectivity index (χ3v) is 2.97. The number of nitriles is 1. The zero-order valence-electron chi connectivity index (χ0n) is 11.6. The van der Waals surface area contributed by atoms with Gasteiger partial charge in [0.05, 0.1) is 30.8 Å². The molecule has 4 nitrogen and oxygen atoms in total. The van der Waals surface area contributed by atoms with Crippen LogP contribution in [0.3, 0.4) is 0 Å². The second-order valence-electron chi connectivity index (χ2n) is 4.71. The van der Waals surface area contributed by atoms with E-state index in [9.17, 15) is 0 Å². The van der Waals surface area contributed by atoms with Gasteiger partial charge in [0.25, 0.3) is 0 Å². The molecule has 0 bridgehead atoms. The fourth-order valence-corrected chi connectivity index (χ4v) is 1.92. The lowest BCUT2D eigenvalue weighted by atomic mass is 10.2. The predicted octanol–water partition coefficient (Wildman–Crippen LogP) is 3.05. The SMILES string of the molecule is CN(CCCOc1ccc(C#N)cc1)Cc1ccoc1. The molecule has 0 aliphatic rings. The van der Waals surface area contributed by atoms with Crippen LogP contribution >= 0.6 is 0 Å². The van der Waals surface area contributed by atoms with Crippen molar-refractivity contribution in [3.63, 3.8) is 0 Å². The van der Waals surface area contributed by atoms with Crippen LogP contribution < -0.4 is 4.74 Å². The van der Waals surface area contributed by atoms with Gasteiger partial charge in [0.1, 0.15) is 5.75 Å². The van der Waals surface area contributed by atoms with Gasteiger partial charge in [-0.05, 0) is 43.8 Å². The molecule has 0 fully saturated rings. The van der Waals surface area contributed by atoms with Gasteiger partial charge >= 0.3 is 0 Å². The second-order valence-corrected chi connectivity index (χ2v) is 4.71. The highest BCUT2D eigenvalue weighted by atomic mass is 16.5. The van der Waals surface area contributed by atoms with Crippen molar-refractivity contribution in [3.8, 4) is 11.8 Å². The molecule has 104 valence electrons. The van der Waals surface area contributed by atoms with E-state index >= 15 is 0 Å². The largest absolute Gasteiger partial charge is 0.494 e. The van der Waals surface area contributed by atoms with Crippen LogP contribution in [0.5, 0.6) is 5.75 Å². The van der Waals surface area contributed by atoms with Crippen molar-refractivity contribution in [1.29, 1.82) is 5.26 Å². The number of nitrogens with zero attached hydrogens (tertiary/aromatic N) is 2. The van der Waals surface area contributed by atoms with Crippen LogP contribution in [0, 0.1) is 11.3 Å². The Labute approximate surface area is 119 Å². The van der Waals surface area contributed by atoms with E-state index in [0.717, 1.165) is 25.3 Å². The highest BCUT2D eigenvalue weighted by molar-refractivity contribution is 5.34. The van der Waals surface area contributed by atoms with Gasteiger partial charge < -0.3 is 14.1 Å². The minimum Gasteiger partial charge on any atom is -0.494 e. The van der Waals surface area contributed by atoms with Gasteiger partial charge in [0, 0.05) is 18.7 Å². The molecule has 1 heterocycles. The smallest absolute Gasteiger partial charge is 0.119 e. The van der Waals surface area contributed by atoms with Crippen molar-refractivity contribution >= 4 is 0 Å². The Morgan fingerprint density at radius 2 is 2.05 bits per heavy atom. The number of ether oxygens (including phenoxy) is 1. The quantitative estimate of drug-likeness (QED) is 0.726. The van der Waals surface area contributed by atoms with Gasteiger partial charge in [-0.25, -0.2) is 0 Å². The van der Waals surface area contributed by atoms with Crippen LogP contribution in [0.4, 0.5) is 0 Å². The first-order chi connectivity index (χ1) is 9.78. The lowest BCUT2D eigenvalue weighted by Crippen LogP contribution is -2.20. The van der Waals surface area contributed by atoms with E-state index in [0.29, 0.717) is 12.2 Å². The maximum atomic E-state index is 8.71. The first-order valence-electron chi connectivity index (χ1n) is 6.60. The summed E-state index contributed by atoms with van der Waals surface area (Å²) in [6.07, 6.45) is 4.41. The molecule has 0 unspecified atom stereocenters. The van der Waals surface area contributed by atoms with Crippen molar-refractivity contribution in [1.82, 2.24) is 4.90 Å². The first kappa shape index (κ1) is 14.2. The Hall–Kier alpha value is -2.25. The van der Waals surface area contributed by atoms with E-state index in [-0.39, 0.29) is 0 Å². The number of benzene rings is 1. The molecule has 20 heavy (non-hydrogen) atoms. The molecule has 0 N–H and O–H groups in total. The lowest BCUT2D eigenvalue weighted by molar-refractivity contribution is 0.258. The maximum Gasteiger partial charge on any atom is 0.119 e. The highest BCUT2D eigenvalue weighted by Crippen LogP contribution is 2.12. The molecule has 0 saturated carbocycles. The lowest BCUT2D eigenvalue weighted by Gasteiger charge is -2.15. The molecular weight excluding hydrogens is 252 g/mol. The van der Waals surface area contributed by atoms with E-state index < -0.39 is 0 Å². The molecule has 0 saturated heterocycles. The summed E-state index contributed by atoms with van der Waals surface area (Å²) in [6, 6.07) is 11.2. The standard InChI is InChI=1S/C16H18N2O2/c1-18(12-15-7-10-19-13-15)8-2-9-20-16-5-3-14(11-17)4-6-16/h3-7,10,13H,2,8-9,12H2,1H3. The predicted molar refractivity (Wildman–Crippen MR) is 76.3 cm³/mol. The Morgan fingerprint density at radius 1 is 1.25 bits per heavy atom. The summed E-state index contributed by atoms with van der Waals surface area (Å²) < 4.78 is 10.7. The van der Waals surface area contributed by atoms with Gasteiger partial charge in [0.2, 0.25) is 0 Å². The molecular formula is C16H18N2O2. The summed E-state index contributed by atoms with van der Waals surface area (Å²) in [5.41, 5.74) is 1.83. The Kier molecular flexibility index (Phi) is 5.22. The highest BCUT2D eigenvalue weighted by Gasteiger charge is 2.01. The van der Waals surface area contributed by atoms with Crippen molar-refractivity contribution in [2.45, 2.75) is 13.0 Å². The van der Waals surface area contributed by atoms with Gasteiger partial charge in [-0.2, -0.15) is 5.26 Å². The molecule has 0 amide bonds. The topological polar surface area (TPSA) is 49.4 Å². The average Bonchev–Trinajstić information content (AvgIpc) is 2.97. The van der Waals surface area contributed by atoms with Crippen molar-refractivity contribution in [2.75, 3.05) is 20.2 Å². The summed E-state index contributed by atoms with van der Waals surface area (Å²) in [5, 5.41) is 8.71. The molecule has 1 aromatic carbocycles. The van der Waals surface area contributed by atoms with Crippen molar-refractivity contribution in [2.24, 2.45) is 0 Å². The Morgan fingerprint density at radius 3 is 2.70 bits per heavy atom. The van der Waals surface area contributed by atoms with Gasteiger partial charge in [0.15, 0.2) is 0 Å². The molecule has 0 aliphatic carbocycles. The summed E-state index contributed by atoms with van der Waals surface area (Å²) >= 11 is 0. The van der Waals surface area contributed by atoms with Crippen LogP contribution in [0.15, 0.2) is 47.3 Å². The maximum absolute atomic E-state index is 8.71. The molecule has 4 heteroatoms. The van der Waals surface area contributed by atoms with E-state index in [1.54, 1.807) is 24.7 Å². The third kappa shape index (κ3) is 4.45. The minimum absolute atomic E-state index is 0.650. The number of rotatable bonds is 7. The van der Waals surface area contributed by atoms with Crippen LogP contribution in [-0.4, -0.2) is 25.1 Å². The molecule has 2 aromatic rings. The van der Waals surface area contributed by atoms with Crippen LogP contribution in [0.25, 0.3) is 0 Å². The first-order valence-corrected chi connectivity index (χ1v) is 6.60. The number of hydrogen-bond acceptors (Lipinski definition) is 4. The van der Waals surface area contributed by atoms with E-state index in [1.807, 2.05) is 18.2 Å². The molecule has 1 aromatic heterocycles. The summed E-state index contributed by atoms with van der Waals surface area (Å²) in [6.45, 7) is 2.51. The fourth-order valence-electron chi connectivity index (χ4n) is 1.92. The second kappa shape index (κ2) is 7.37. The molecule has 0 spiro atoms. The van der Waals surface area contributed by atoms with Crippen LogP contribution in [0.1, 0.15) is 17.5 Å². The van der Waals surface area contributed by atoms with E-state index in [1.165, 1.54) is 5.56 Å². The average molecular weight is 270 g/mol. The van der Waals surface area contributed by atoms with E-state index in [4.69, 9.17) is 14.4 Å². The molecule has 2 rings (SSSR count). The van der Waals surface area contributed by atoms with Crippen LogP contribution in [-0.2, 0) is 6.54 Å². The van der Waals surface area contributed by atoms with Gasteiger partial charge in [-0.1, -0.05) is 0 Å². The third-order valence-electron chi connectivity index (χ3n) is 2.97. The van der Waals surface area contributed by atoms with Crippen molar-refractivity contribution in [3.05, 3.63) is 54.0 Å². The van der Waals surface area contributed by atoms with Gasteiger partial charge in [-0.3, -0.25) is 0 Å². The summed E-state index contributed by atoms with van der Waals surface area (Å²) in [4.78, 5) is 2.23. The zero-order chi connectivity index (χ0) is 14.2. The zero-order valence-corrected chi connectivity index (χ0v) is 11.6. The summed E-state index contributed by atoms with van der Waals surface area (Å²) in [7, 11) is 2.08. The summed E-state index contributed by atoms with van der Waals surface area (Å²) in [5.74, 6) is 0.807. The van der Waals surface area contributed by atoms with Crippen LogP contribution in [0.2, 0.25) is 0 Å². The van der Waals surface area contributed by atoms with E-state index in [2.05, 4.69) is 18.0 Å². The fraction of sp³-hybridized carbons (Fsp3) is 0.312. The monoisotopic (exact) mass is 270 g/mol. The number of furan rings is 1. The normalized spacial score (nSPS) is 10.4.